The van der Waals surface area contributed by atoms with E-state index in [-0.39, 0.29) is 0 Å². The molecule has 82 valence electrons. The first-order valence-electron chi connectivity index (χ1n) is 5.69. The molecule has 1 aromatic carbocycles. The Morgan fingerprint density at radius 3 is 2.62 bits per heavy atom. The molecule has 3 heteroatoms. The minimum atomic E-state index is 0.599. The van der Waals surface area contributed by atoms with E-state index in [2.05, 4.69) is 33.8 Å². The van der Waals surface area contributed by atoms with Crippen molar-refractivity contribution in [2.45, 2.75) is 25.4 Å². The SMILES string of the molecule is NCc1ccc(-c2cncn2C2CC2)cc1. The van der Waals surface area contributed by atoms with Gasteiger partial charge in [0, 0.05) is 12.6 Å². The average molecular weight is 213 g/mol. The highest BCUT2D eigenvalue weighted by Gasteiger charge is 2.25. The number of nitrogens with two attached hydrogens (primary N) is 1. The summed E-state index contributed by atoms with van der Waals surface area (Å²) < 4.78 is 2.28. The van der Waals surface area contributed by atoms with E-state index >= 15 is 0 Å². The maximum absolute atomic E-state index is 5.59. The summed E-state index contributed by atoms with van der Waals surface area (Å²) >= 11 is 0. The first-order valence-corrected chi connectivity index (χ1v) is 5.69. The Labute approximate surface area is 94.9 Å². The zero-order chi connectivity index (χ0) is 11.0. The van der Waals surface area contributed by atoms with Gasteiger partial charge in [-0.2, -0.15) is 0 Å². The van der Waals surface area contributed by atoms with E-state index < -0.39 is 0 Å². The highest BCUT2D eigenvalue weighted by atomic mass is 15.1. The summed E-state index contributed by atoms with van der Waals surface area (Å²) in [5.41, 5.74) is 9.19. The second kappa shape index (κ2) is 3.76. The predicted octanol–water partition coefficient (Wildman–Crippen LogP) is 2.34. The van der Waals surface area contributed by atoms with E-state index in [0.717, 1.165) is 0 Å². The molecule has 0 saturated heterocycles. The van der Waals surface area contributed by atoms with Gasteiger partial charge in [0.2, 0.25) is 0 Å². The molecule has 3 nitrogen and oxygen atoms in total. The number of hydrogen-bond donors (Lipinski definition) is 1. The topological polar surface area (TPSA) is 43.8 Å². The fourth-order valence-corrected chi connectivity index (χ4v) is 1.98. The summed E-state index contributed by atoms with van der Waals surface area (Å²) in [6.45, 7) is 0.599. The maximum atomic E-state index is 5.59. The summed E-state index contributed by atoms with van der Waals surface area (Å²) in [5.74, 6) is 0. The number of rotatable bonds is 3. The highest BCUT2D eigenvalue weighted by Crippen LogP contribution is 2.38. The monoisotopic (exact) mass is 213 g/mol. The molecule has 1 saturated carbocycles. The summed E-state index contributed by atoms with van der Waals surface area (Å²) in [6, 6.07) is 9.08. The van der Waals surface area contributed by atoms with Crippen LogP contribution in [-0.2, 0) is 6.54 Å². The molecule has 0 radical (unpaired) electrons. The number of hydrogen-bond acceptors (Lipinski definition) is 2. The van der Waals surface area contributed by atoms with E-state index in [1.165, 1.54) is 29.7 Å². The smallest absolute Gasteiger partial charge is 0.0953 e. The Morgan fingerprint density at radius 1 is 1.25 bits per heavy atom. The van der Waals surface area contributed by atoms with Crippen LogP contribution in [0.5, 0.6) is 0 Å². The van der Waals surface area contributed by atoms with Gasteiger partial charge >= 0.3 is 0 Å². The van der Waals surface area contributed by atoms with E-state index in [1.807, 2.05) is 12.5 Å². The molecule has 0 spiro atoms. The lowest BCUT2D eigenvalue weighted by atomic mass is 10.1. The third kappa shape index (κ3) is 1.63. The zero-order valence-corrected chi connectivity index (χ0v) is 9.13. The van der Waals surface area contributed by atoms with Gasteiger partial charge < -0.3 is 10.3 Å². The van der Waals surface area contributed by atoms with Gasteiger partial charge in [0.25, 0.3) is 0 Å². The van der Waals surface area contributed by atoms with Crippen LogP contribution in [0.1, 0.15) is 24.4 Å². The van der Waals surface area contributed by atoms with Crippen molar-refractivity contribution < 1.29 is 0 Å². The lowest BCUT2D eigenvalue weighted by Crippen LogP contribution is -1.97. The molecule has 0 unspecified atom stereocenters. The molecule has 0 bridgehead atoms. The zero-order valence-electron chi connectivity index (χ0n) is 9.13. The Balaban J connectivity index is 1.97. The molecule has 1 heterocycles. The summed E-state index contributed by atoms with van der Waals surface area (Å²) in [4.78, 5) is 4.24. The van der Waals surface area contributed by atoms with Crippen LogP contribution in [-0.4, -0.2) is 9.55 Å². The quantitative estimate of drug-likeness (QED) is 0.850. The van der Waals surface area contributed by atoms with Gasteiger partial charge in [-0.05, 0) is 24.0 Å². The molecular weight excluding hydrogens is 198 g/mol. The number of aromatic nitrogens is 2. The van der Waals surface area contributed by atoms with Crippen molar-refractivity contribution in [2.75, 3.05) is 0 Å². The van der Waals surface area contributed by atoms with Gasteiger partial charge in [-0.3, -0.25) is 0 Å². The van der Waals surface area contributed by atoms with Gasteiger partial charge in [0.05, 0.1) is 18.2 Å². The Morgan fingerprint density at radius 2 is 2.00 bits per heavy atom. The highest BCUT2D eigenvalue weighted by molar-refractivity contribution is 5.59. The van der Waals surface area contributed by atoms with Crippen molar-refractivity contribution >= 4 is 0 Å². The summed E-state index contributed by atoms with van der Waals surface area (Å²) in [5, 5.41) is 0. The lowest BCUT2D eigenvalue weighted by molar-refractivity contribution is 0.748. The fourth-order valence-electron chi connectivity index (χ4n) is 1.98. The molecular formula is C13H15N3. The minimum absolute atomic E-state index is 0.599. The van der Waals surface area contributed by atoms with Gasteiger partial charge in [-0.25, -0.2) is 4.98 Å². The predicted molar refractivity (Wildman–Crippen MR) is 63.8 cm³/mol. The Bertz CT molecular complexity index is 480. The van der Waals surface area contributed by atoms with Crippen LogP contribution in [0.25, 0.3) is 11.3 Å². The number of benzene rings is 1. The van der Waals surface area contributed by atoms with Gasteiger partial charge in [0.1, 0.15) is 0 Å². The standard InChI is InChI=1S/C13H15N3/c14-7-10-1-3-11(4-2-10)13-8-15-9-16(13)12-5-6-12/h1-4,8-9,12H,5-7,14H2. The first kappa shape index (κ1) is 9.60. The van der Waals surface area contributed by atoms with Gasteiger partial charge in [-0.15, -0.1) is 0 Å². The Hall–Kier alpha value is -1.61. The molecule has 1 aliphatic rings. The van der Waals surface area contributed by atoms with Crippen LogP contribution in [0.15, 0.2) is 36.8 Å². The molecule has 1 aliphatic carbocycles. The molecule has 0 atom stereocenters. The molecule has 16 heavy (non-hydrogen) atoms. The molecule has 1 aromatic heterocycles. The van der Waals surface area contributed by atoms with Crippen molar-refractivity contribution in [2.24, 2.45) is 5.73 Å². The van der Waals surface area contributed by atoms with Crippen molar-refractivity contribution in [3.05, 3.63) is 42.4 Å². The molecule has 3 rings (SSSR count). The van der Waals surface area contributed by atoms with Crippen LogP contribution in [0.4, 0.5) is 0 Å². The number of nitrogens with zero attached hydrogens (tertiary/aromatic N) is 2. The largest absolute Gasteiger partial charge is 0.328 e. The van der Waals surface area contributed by atoms with E-state index in [9.17, 15) is 0 Å². The van der Waals surface area contributed by atoms with Crippen LogP contribution >= 0.6 is 0 Å². The van der Waals surface area contributed by atoms with Crippen molar-refractivity contribution in [1.82, 2.24) is 9.55 Å². The van der Waals surface area contributed by atoms with Crippen LogP contribution < -0.4 is 5.73 Å². The summed E-state index contributed by atoms with van der Waals surface area (Å²) in [6.07, 6.45) is 6.44. The molecule has 2 aromatic rings. The summed E-state index contributed by atoms with van der Waals surface area (Å²) in [7, 11) is 0. The Kier molecular flexibility index (Phi) is 2.26. The van der Waals surface area contributed by atoms with E-state index in [0.29, 0.717) is 12.6 Å². The lowest BCUT2D eigenvalue weighted by Gasteiger charge is -2.07. The number of imidazole rings is 1. The van der Waals surface area contributed by atoms with E-state index in [4.69, 9.17) is 5.73 Å². The second-order valence-corrected chi connectivity index (χ2v) is 4.32. The van der Waals surface area contributed by atoms with Crippen molar-refractivity contribution in [1.29, 1.82) is 0 Å². The van der Waals surface area contributed by atoms with Crippen LogP contribution in [0, 0.1) is 0 Å². The van der Waals surface area contributed by atoms with Crippen LogP contribution in [0.3, 0.4) is 0 Å². The molecule has 2 N–H and O–H groups in total. The molecule has 0 amide bonds. The van der Waals surface area contributed by atoms with E-state index in [1.54, 1.807) is 0 Å². The molecule has 1 fully saturated rings. The van der Waals surface area contributed by atoms with Crippen molar-refractivity contribution in [3.63, 3.8) is 0 Å². The van der Waals surface area contributed by atoms with Gasteiger partial charge in [-0.1, -0.05) is 24.3 Å². The normalized spacial score (nSPS) is 15.3. The fraction of sp³-hybridized carbons (Fsp3) is 0.308. The molecule has 0 aliphatic heterocycles. The third-order valence-electron chi connectivity index (χ3n) is 3.09. The van der Waals surface area contributed by atoms with Crippen molar-refractivity contribution in [3.8, 4) is 11.3 Å². The maximum Gasteiger partial charge on any atom is 0.0953 e. The van der Waals surface area contributed by atoms with Crippen LogP contribution in [0.2, 0.25) is 0 Å². The average Bonchev–Trinajstić information content (AvgIpc) is 3.07. The first-order chi connectivity index (χ1) is 7.88. The van der Waals surface area contributed by atoms with Gasteiger partial charge in [0.15, 0.2) is 0 Å². The minimum Gasteiger partial charge on any atom is -0.328 e. The third-order valence-corrected chi connectivity index (χ3v) is 3.09. The second-order valence-electron chi connectivity index (χ2n) is 4.32.